The Balaban J connectivity index is 1.95. The van der Waals surface area contributed by atoms with Crippen LogP contribution in [-0.2, 0) is 9.59 Å². The van der Waals surface area contributed by atoms with Gasteiger partial charge < -0.3 is 0 Å². The standard InChI is InChI=1S/C15H15BrFNO2/c16-11-5-4-10(8-12(11)17)18-13(19)9-15(14(18)20)6-2-1-3-7-15/h4-5,8H,1-3,6-7,9H2. The number of anilines is 1. The number of carbonyl (C=O) groups is 2. The summed E-state index contributed by atoms with van der Waals surface area (Å²) in [5.74, 6) is -0.824. The van der Waals surface area contributed by atoms with Gasteiger partial charge >= 0.3 is 0 Å². The van der Waals surface area contributed by atoms with E-state index in [1.807, 2.05) is 0 Å². The minimum Gasteiger partial charge on any atom is -0.274 e. The summed E-state index contributed by atoms with van der Waals surface area (Å²) < 4.78 is 14.0. The molecule has 1 saturated carbocycles. The molecule has 0 atom stereocenters. The van der Waals surface area contributed by atoms with Crippen molar-refractivity contribution < 1.29 is 14.0 Å². The number of halogens is 2. The van der Waals surface area contributed by atoms with Gasteiger partial charge in [0, 0.05) is 6.42 Å². The van der Waals surface area contributed by atoms with E-state index in [0.717, 1.165) is 32.1 Å². The van der Waals surface area contributed by atoms with Crippen LogP contribution in [-0.4, -0.2) is 11.8 Å². The molecule has 1 heterocycles. The fourth-order valence-corrected chi connectivity index (χ4v) is 3.55. The molecule has 1 aromatic carbocycles. The fourth-order valence-electron chi connectivity index (χ4n) is 3.30. The van der Waals surface area contributed by atoms with Crippen molar-refractivity contribution in [3.05, 3.63) is 28.5 Å². The number of benzene rings is 1. The molecule has 1 aliphatic carbocycles. The zero-order chi connectivity index (χ0) is 14.3. The summed E-state index contributed by atoms with van der Waals surface area (Å²) in [6, 6.07) is 4.36. The summed E-state index contributed by atoms with van der Waals surface area (Å²) in [6.07, 6.45) is 4.91. The van der Waals surface area contributed by atoms with Gasteiger partial charge in [-0.2, -0.15) is 0 Å². The number of hydrogen-bond acceptors (Lipinski definition) is 2. The van der Waals surface area contributed by atoms with Gasteiger partial charge in [-0.25, -0.2) is 9.29 Å². The molecule has 1 aliphatic heterocycles. The molecule has 0 N–H and O–H groups in total. The van der Waals surface area contributed by atoms with Gasteiger partial charge in [0.05, 0.1) is 15.6 Å². The van der Waals surface area contributed by atoms with Crippen LogP contribution in [0.15, 0.2) is 22.7 Å². The number of nitrogens with zero attached hydrogens (tertiary/aromatic N) is 1. The minimum atomic E-state index is -0.529. The predicted octanol–water partition coefficient (Wildman–Crippen LogP) is 3.80. The van der Waals surface area contributed by atoms with Crippen molar-refractivity contribution in [1.82, 2.24) is 0 Å². The van der Waals surface area contributed by atoms with Crippen molar-refractivity contribution in [1.29, 1.82) is 0 Å². The average molecular weight is 340 g/mol. The minimum absolute atomic E-state index is 0.149. The molecule has 3 rings (SSSR count). The molecule has 0 unspecified atom stereocenters. The Kier molecular flexibility index (Phi) is 3.40. The topological polar surface area (TPSA) is 37.4 Å². The Morgan fingerprint density at radius 2 is 1.85 bits per heavy atom. The summed E-state index contributed by atoms with van der Waals surface area (Å²) in [7, 11) is 0. The van der Waals surface area contributed by atoms with E-state index in [1.54, 1.807) is 6.07 Å². The summed E-state index contributed by atoms with van der Waals surface area (Å²) >= 11 is 3.07. The van der Waals surface area contributed by atoms with Gasteiger partial charge in [0.1, 0.15) is 5.82 Å². The highest BCUT2D eigenvalue weighted by Crippen LogP contribution is 2.46. The van der Waals surface area contributed by atoms with Crippen LogP contribution in [0.5, 0.6) is 0 Å². The number of rotatable bonds is 1. The molecule has 0 aromatic heterocycles. The lowest BCUT2D eigenvalue weighted by Crippen LogP contribution is -2.37. The number of amides is 2. The van der Waals surface area contributed by atoms with Crippen molar-refractivity contribution in [2.45, 2.75) is 38.5 Å². The fraction of sp³-hybridized carbons (Fsp3) is 0.467. The second kappa shape index (κ2) is 4.95. The van der Waals surface area contributed by atoms with E-state index in [1.165, 1.54) is 17.0 Å². The van der Waals surface area contributed by atoms with Gasteiger partial charge in [-0.3, -0.25) is 9.59 Å². The zero-order valence-electron chi connectivity index (χ0n) is 11.0. The summed E-state index contributed by atoms with van der Waals surface area (Å²) in [5, 5.41) is 0. The average Bonchev–Trinajstić information content (AvgIpc) is 2.66. The maximum absolute atomic E-state index is 13.6. The molecule has 2 aliphatic rings. The molecule has 0 bridgehead atoms. The van der Waals surface area contributed by atoms with Crippen molar-refractivity contribution in [3.63, 3.8) is 0 Å². The highest BCUT2D eigenvalue weighted by Gasteiger charge is 2.52. The SMILES string of the molecule is O=C1CC2(CCCCC2)C(=O)N1c1ccc(Br)c(F)c1. The van der Waals surface area contributed by atoms with Crippen LogP contribution >= 0.6 is 15.9 Å². The second-order valence-corrected chi connectivity index (χ2v) is 6.50. The van der Waals surface area contributed by atoms with Crippen molar-refractivity contribution in [3.8, 4) is 0 Å². The molecule has 1 aromatic rings. The third kappa shape index (κ3) is 2.08. The summed E-state index contributed by atoms with van der Waals surface area (Å²) in [4.78, 5) is 26.1. The van der Waals surface area contributed by atoms with E-state index < -0.39 is 11.2 Å². The number of imide groups is 1. The Bertz CT molecular complexity index is 581. The van der Waals surface area contributed by atoms with Crippen LogP contribution in [0.3, 0.4) is 0 Å². The second-order valence-electron chi connectivity index (χ2n) is 5.65. The molecule has 106 valence electrons. The highest BCUT2D eigenvalue weighted by atomic mass is 79.9. The lowest BCUT2D eigenvalue weighted by Gasteiger charge is -2.30. The molecule has 0 radical (unpaired) electrons. The Hall–Kier alpha value is -1.23. The van der Waals surface area contributed by atoms with Crippen LogP contribution in [0.2, 0.25) is 0 Å². The van der Waals surface area contributed by atoms with Gasteiger partial charge in [-0.15, -0.1) is 0 Å². The monoisotopic (exact) mass is 339 g/mol. The first kappa shape index (κ1) is 13.7. The van der Waals surface area contributed by atoms with E-state index in [0.29, 0.717) is 10.2 Å². The maximum Gasteiger partial charge on any atom is 0.240 e. The van der Waals surface area contributed by atoms with Crippen LogP contribution in [0.4, 0.5) is 10.1 Å². The van der Waals surface area contributed by atoms with Crippen molar-refractivity contribution >= 4 is 33.4 Å². The first-order valence-corrected chi connectivity index (χ1v) is 7.65. The maximum atomic E-state index is 13.6. The Labute approximate surface area is 125 Å². The van der Waals surface area contributed by atoms with Gasteiger partial charge in [0.25, 0.3) is 0 Å². The van der Waals surface area contributed by atoms with Crippen molar-refractivity contribution in [2.24, 2.45) is 5.41 Å². The van der Waals surface area contributed by atoms with Crippen LogP contribution in [0.25, 0.3) is 0 Å². The molecule has 2 amide bonds. The molecule has 20 heavy (non-hydrogen) atoms. The lowest BCUT2D eigenvalue weighted by molar-refractivity contribution is -0.127. The quantitative estimate of drug-likeness (QED) is 0.729. The largest absolute Gasteiger partial charge is 0.274 e. The van der Waals surface area contributed by atoms with E-state index in [4.69, 9.17) is 0 Å². The molecule has 1 spiro atoms. The number of hydrogen-bond donors (Lipinski definition) is 0. The van der Waals surface area contributed by atoms with E-state index in [9.17, 15) is 14.0 Å². The first-order valence-electron chi connectivity index (χ1n) is 6.86. The van der Waals surface area contributed by atoms with Crippen LogP contribution < -0.4 is 4.90 Å². The Morgan fingerprint density at radius 1 is 1.15 bits per heavy atom. The first-order chi connectivity index (χ1) is 9.53. The third-order valence-electron chi connectivity index (χ3n) is 4.37. The molecule has 3 nitrogen and oxygen atoms in total. The molecule has 2 fully saturated rings. The third-order valence-corrected chi connectivity index (χ3v) is 5.01. The van der Waals surface area contributed by atoms with Gasteiger partial charge in [0.15, 0.2) is 0 Å². The van der Waals surface area contributed by atoms with Crippen LogP contribution in [0.1, 0.15) is 38.5 Å². The normalized spacial score (nSPS) is 21.8. The Morgan fingerprint density at radius 3 is 2.50 bits per heavy atom. The molecular weight excluding hydrogens is 325 g/mol. The van der Waals surface area contributed by atoms with E-state index in [2.05, 4.69) is 15.9 Å². The van der Waals surface area contributed by atoms with Gasteiger partial charge in [-0.1, -0.05) is 19.3 Å². The predicted molar refractivity (Wildman–Crippen MR) is 76.7 cm³/mol. The lowest BCUT2D eigenvalue weighted by atomic mass is 9.73. The van der Waals surface area contributed by atoms with Gasteiger partial charge in [0.2, 0.25) is 11.8 Å². The van der Waals surface area contributed by atoms with Crippen LogP contribution in [0, 0.1) is 11.2 Å². The summed E-state index contributed by atoms with van der Waals surface area (Å²) in [6.45, 7) is 0. The highest BCUT2D eigenvalue weighted by molar-refractivity contribution is 9.10. The number of carbonyl (C=O) groups excluding carboxylic acids is 2. The van der Waals surface area contributed by atoms with Gasteiger partial charge in [-0.05, 0) is 47.0 Å². The molecular formula is C15H15BrFNO2. The van der Waals surface area contributed by atoms with E-state index in [-0.39, 0.29) is 18.2 Å². The zero-order valence-corrected chi connectivity index (χ0v) is 12.6. The van der Waals surface area contributed by atoms with E-state index >= 15 is 0 Å². The smallest absolute Gasteiger partial charge is 0.240 e. The molecule has 5 heteroatoms. The summed E-state index contributed by atoms with van der Waals surface area (Å²) in [5.41, 5.74) is -0.193. The van der Waals surface area contributed by atoms with Crippen molar-refractivity contribution in [2.75, 3.05) is 4.90 Å². The molecule has 1 saturated heterocycles.